The minimum Gasteiger partial charge on any atom is -0.481 e. The minimum atomic E-state index is -1.07. The highest BCUT2D eigenvalue weighted by Crippen LogP contribution is 2.00. The molecule has 0 saturated carbocycles. The molecule has 0 rings (SSSR count). The molecule has 0 aromatic heterocycles. The van der Waals surface area contributed by atoms with Crippen LogP contribution in [0.1, 0.15) is 26.7 Å². The van der Waals surface area contributed by atoms with E-state index < -0.39 is 24.0 Å². The van der Waals surface area contributed by atoms with Crippen LogP contribution >= 0.6 is 0 Å². The van der Waals surface area contributed by atoms with E-state index in [9.17, 15) is 14.4 Å². The quantitative estimate of drug-likeness (QED) is 0.528. The molecule has 6 heteroatoms. The number of carboxylic acid groups (broad SMARTS) is 1. The summed E-state index contributed by atoms with van der Waals surface area (Å²) >= 11 is 0. The number of carboxylic acids is 1. The Hall–Kier alpha value is -1.85. The third-order valence-electron chi connectivity index (χ3n) is 1.68. The SMILES string of the molecule is C=C(C)C(=O)OC(C)COC(=O)CCC(=O)O. The van der Waals surface area contributed by atoms with Crippen LogP contribution in [-0.4, -0.2) is 35.7 Å². The summed E-state index contributed by atoms with van der Waals surface area (Å²) < 4.78 is 9.58. The molecule has 1 atom stereocenters. The van der Waals surface area contributed by atoms with Gasteiger partial charge in [0.25, 0.3) is 0 Å². The smallest absolute Gasteiger partial charge is 0.333 e. The maximum Gasteiger partial charge on any atom is 0.333 e. The van der Waals surface area contributed by atoms with Crippen molar-refractivity contribution >= 4 is 17.9 Å². The summed E-state index contributed by atoms with van der Waals surface area (Å²) in [5.41, 5.74) is 0.258. The molecule has 0 fully saturated rings. The number of rotatable bonds is 7. The second-order valence-electron chi connectivity index (χ2n) is 3.57. The summed E-state index contributed by atoms with van der Waals surface area (Å²) in [6, 6.07) is 0. The molecule has 17 heavy (non-hydrogen) atoms. The maximum atomic E-state index is 11.1. The first-order valence-corrected chi connectivity index (χ1v) is 5.06. The van der Waals surface area contributed by atoms with Crippen molar-refractivity contribution in [3.8, 4) is 0 Å². The average molecular weight is 244 g/mol. The molecular weight excluding hydrogens is 228 g/mol. The predicted molar refractivity (Wildman–Crippen MR) is 58.2 cm³/mol. The van der Waals surface area contributed by atoms with E-state index in [1.54, 1.807) is 6.92 Å². The van der Waals surface area contributed by atoms with Gasteiger partial charge in [0.15, 0.2) is 0 Å². The largest absolute Gasteiger partial charge is 0.481 e. The molecule has 1 N–H and O–H groups in total. The van der Waals surface area contributed by atoms with Crippen molar-refractivity contribution in [1.82, 2.24) is 0 Å². The van der Waals surface area contributed by atoms with Gasteiger partial charge < -0.3 is 14.6 Å². The summed E-state index contributed by atoms with van der Waals surface area (Å²) in [6.45, 7) is 6.37. The lowest BCUT2D eigenvalue weighted by molar-refractivity contribution is -0.156. The highest BCUT2D eigenvalue weighted by molar-refractivity contribution is 5.87. The van der Waals surface area contributed by atoms with E-state index in [0.29, 0.717) is 0 Å². The van der Waals surface area contributed by atoms with Crippen LogP contribution in [0.2, 0.25) is 0 Å². The van der Waals surface area contributed by atoms with Crippen LogP contribution in [0.5, 0.6) is 0 Å². The maximum absolute atomic E-state index is 11.1. The van der Waals surface area contributed by atoms with Gasteiger partial charge in [-0.2, -0.15) is 0 Å². The molecule has 6 nitrogen and oxygen atoms in total. The van der Waals surface area contributed by atoms with Crippen LogP contribution in [0.3, 0.4) is 0 Å². The van der Waals surface area contributed by atoms with Crippen molar-refractivity contribution in [1.29, 1.82) is 0 Å². The Morgan fingerprint density at radius 1 is 1.29 bits per heavy atom. The van der Waals surface area contributed by atoms with Crippen molar-refractivity contribution in [2.24, 2.45) is 0 Å². The van der Waals surface area contributed by atoms with E-state index >= 15 is 0 Å². The molecular formula is C11H16O6. The van der Waals surface area contributed by atoms with Gasteiger partial charge in [-0.25, -0.2) is 4.79 Å². The number of carbonyl (C=O) groups is 3. The molecule has 0 spiro atoms. The zero-order valence-electron chi connectivity index (χ0n) is 9.89. The fraction of sp³-hybridized carbons (Fsp3) is 0.545. The first-order valence-electron chi connectivity index (χ1n) is 5.06. The molecule has 0 aromatic rings. The Labute approximate surface area is 99.2 Å². The van der Waals surface area contributed by atoms with Crippen LogP contribution in [-0.2, 0) is 23.9 Å². The number of hydrogen-bond donors (Lipinski definition) is 1. The average Bonchev–Trinajstić information content (AvgIpc) is 2.23. The summed E-state index contributed by atoms with van der Waals surface area (Å²) in [7, 11) is 0. The standard InChI is InChI=1S/C11H16O6/c1-7(2)11(15)17-8(3)6-16-10(14)5-4-9(12)13/h8H,1,4-6H2,2-3H3,(H,12,13). The molecule has 0 radical (unpaired) electrons. The second kappa shape index (κ2) is 7.43. The molecule has 0 amide bonds. The lowest BCUT2D eigenvalue weighted by atomic mass is 10.3. The molecule has 0 aromatic carbocycles. The Kier molecular flexibility index (Phi) is 6.62. The summed E-state index contributed by atoms with van der Waals surface area (Å²) in [6.07, 6.45) is -1.07. The molecule has 0 aliphatic heterocycles. The van der Waals surface area contributed by atoms with Gasteiger partial charge in [0, 0.05) is 5.57 Å². The van der Waals surface area contributed by atoms with E-state index in [2.05, 4.69) is 6.58 Å². The van der Waals surface area contributed by atoms with Crippen LogP contribution < -0.4 is 0 Å². The van der Waals surface area contributed by atoms with Crippen LogP contribution in [0.25, 0.3) is 0 Å². The molecule has 0 heterocycles. The lowest BCUT2D eigenvalue weighted by Gasteiger charge is -2.13. The molecule has 0 saturated heterocycles. The highest BCUT2D eigenvalue weighted by Gasteiger charge is 2.13. The van der Waals surface area contributed by atoms with E-state index in [1.807, 2.05) is 0 Å². The molecule has 0 bridgehead atoms. The molecule has 0 aliphatic carbocycles. The zero-order chi connectivity index (χ0) is 13.4. The van der Waals surface area contributed by atoms with E-state index in [-0.39, 0.29) is 25.0 Å². The van der Waals surface area contributed by atoms with E-state index in [0.717, 1.165) is 0 Å². The number of esters is 2. The number of aliphatic carboxylic acids is 1. The van der Waals surface area contributed by atoms with Gasteiger partial charge in [-0.1, -0.05) is 6.58 Å². The lowest BCUT2D eigenvalue weighted by Crippen LogP contribution is -2.22. The van der Waals surface area contributed by atoms with Gasteiger partial charge in [0.05, 0.1) is 12.8 Å². The van der Waals surface area contributed by atoms with Gasteiger partial charge in [-0.15, -0.1) is 0 Å². The first kappa shape index (κ1) is 15.2. The number of carbonyl (C=O) groups excluding carboxylic acids is 2. The predicted octanol–water partition coefficient (Wildman–Crippen LogP) is 0.902. The summed E-state index contributed by atoms with van der Waals surface area (Å²) in [5.74, 6) is -2.26. The van der Waals surface area contributed by atoms with Crippen LogP contribution in [0.4, 0.5) is 0 Å². The minimum absolute atomic E-state index is 0.0997. The van der Waals surface area contributed by atoms with Crippen molar-refractivity contribution in [2.75, 3.05) is 6.61 Å². The second-order valence-corrected chi connectivity index (χ2v) is 3.57. The van der Waals surface area contributed by atoms with Gasteiger partial charge in [-0.05, 0) is 13.8 Å². The molecule has 1 unspecified atom stereocenters. The number of hydrogen-bond acceptors (Lipinski definition) is 5. The Balaban J connectivity index is 3.80. The van der Waals surface area contributed by atoms with Gasteiger partial charge in [0.2, 0.25) is 0 Å². The monoisotopic (exact) mass is 244 g/mol. The van der Waals surface area contributed by atoms with Gasteiger partial charge in [0.1, 0.15) is 12.7 Å². The van der Waals surface area contributed by atoms with Gasteiger partial charge >= 0.3 is 17.9 Å². The Morgan fingerprint density at radius 2 is 1.88 bits per heavy atom. The topological polar surface area (TPSA) is 89.9 Å². The summed E-state index contributed by atoms with van der Waals surface area (Å²) in [4.78, 5) is 32.3. The molecule has 0 aliphatic rings. The zero-order valence-corrected chi connectivity index (χ0v) is 9.89. The van der Waals surface area contributed by atoms with Crippen LogP contribution in [0, 0.1) is 0 Å². The van der Waals surface area contributed by atoms with Crippen molar-refractivity contribution in [3.63, 3.8) is 0 Å². The van der Waals surface area contributed by atoms with Crippen LogP contribution in [0.15, 0.2) is 12.2 Å². The molecule has 96 valence electrons. The van der Waals surface area contributed by atoms with E-state index in [4.69, 9.17) is 14.6 Å². The normalized spacial score (nSPS) is 11.4. The fourth-order valence-corrected chi connectivity index (χ4v) is 0.809. The van der Waals surface area contributed by atoms with E-state index in [1.165, 1.54) is 6.92 Å². The van der Waals surface area contributed by atoms with Gasteiger partial charge in [-0.3, -0.25) is 9.59 Å². The first-order chi connectivity index (χ1) is 7.82. The fourth-order valence-electron chi connectivity index (χ4n) is 0.809. The van der Waals surface area contributed by atoms with Crippen molar-refractivity contribution in [3.05, 3.63) is 12.2 Å². The van der Waals surface area contributed by atoms with Crippen molar-refractivity contribution in [2.45, 2.75) is 32.8 Å². The highest BCUT2D eigenvalue weighted by atomic mass is 16.6. The third kappa shape index (κ3) is 8.01. The number of ether oxygens (including phenoxy) is 2. The van der Waals surface area contributed by atoms with Crippen molar-refractivity contribution < 1.29 is 29.0 Å². The Morgan fingerprint density at radius 3 is 2.35 bits per heavy atom. The summed E-state index contributed by atoms with van der Waals surface area (Å²) in [5, 5.41) is 8.33. The third-order valence-corrected chi connectivity index (χ3v) is 1.68. The Bertz CT molecular complexity index is 320.